The second-order valence-electron chi connectivity index (χ2n) is 11.0. The number of hydrogen-bond acceptors (Lipinski definition) is 6. The van der Waals surface area contributed by atoms with Crippen LogP contribution in [0.1, 0.15) is 52.9 Å². The van der Waals surface area contributed by atoms with Crippen molar-refractivity contribution in [3.05, 3.63) is 119 Å². The lowest BCUT2D eigenvalue weighted by Gasteiger charge is -2.33. The number of carbonyl (C=O) groups excluding carboxylic acids is 4. The molecule has 0 saturated heterocycles. The predicted octanol–water partition coefficient (Wildman–Crippen LogP) is 5.77. The molecule has 1 atom stereocenters. The Kier molecular flexibility index (Phi) is 9.28. The summed E-state index contributed by atoms with van der Waals surface area (Å²) in [6.07, 6.45) is 0. The van der Waals surface area contributed by atoms with Gasteiger partial charge in [0.2, 0.25) is 5.91 Å². The molecule has 1 N–H and O–H groups in total. The predicted molar refractivity (Wildman–Crippen MR) is 172 cm³/mol. The van der Waals surface area contributed by atoms with Crippen molar-refractivity contribution in [2.24, 2.45) is 0 Å². The number of nitrogens with zero attached hydrogens (tertiary/aromatic N) is 2. The SMILES string of the molecule is COc1ccc(CN(C(=O)CN2C(=O)C(=O)c3ccccc32)[C@H](C(=O)Nc2ccc(OC)cc2)c2ccc(C(C)C)cc2)cc1. The molecule has 4 aromatic rings. The van der Waals surface area contributed by atoms with E-state index >= 15 is 0 Å². The number of ketones is 1. The Morgan fingerprint density at radius 3 is 1.96 bits per heavy atom. The van der Waals surface area contributed by atoms with Gasteiger partial charge in [-0.1, -0.05) is 62.4 Å². The molecule has 5 rings (SSSR count). The Labute approximate surface area is 262 Å². The summed E-state index contributed by atoms with van der Waals surface area (Å²) in [6.45, 7) is 3.78. The summed E-state index contributed by atoms with van der Waals surface area (Å²) >= 11 is 0. The quantitative estimate of drug-likeness (QED) is 0.218. The van der Waals surface area contributed by atoms with E-state index in [4.69, 9.17) is 9.47 Å². The van der Waals surface area contributed by atoms with Crippen LogP contribution in [0.3, 0.4) is 0 Å². The van der Waals surface area contributed by atoms with Crippen LogP contribution in [0.25, 0.3) is 0 Å². The Bertz CT molecular complexity index is 1700. The number of Topliss-reactive ketones (excluding diaryl/α,β-unsaturated/α-hetero) is 1. The van der Waals surface area contributed by atoms with Gasteiger partial charge in [-0.25, -0.2) is 0 Å². The van der Waals surface area contributed by atoms with Gasteiger partial charge in [0.25, 0.3) is 17.6 Å². The Morgan fingerprint density at radius 2 is 1.36 bits per heavy atom. The molecule has 0 unspecified atom stereocenters. The molecule has 0 fully saturated rings. The van der Waals surface area contributed by atoms with Gasteiger partial charge in [0.1, 0.15) is 24.1 Å². The molecule has 1 heterocycles. The van der Waals surface area contributed by atoms with Crippen molar-refractivity contribution in [2.75, 3.05) is 31.0 Å². The number of fused-ring (bicyclic) bond motifs is 1. The summed E-state index contributed by atoms with van der Waals surface area (Å²) in [5.74, 6) is -0.855. The van der Waals surface area contributed by atoms with Crippen molar-refractivity contribution in [1.29, 1.82) is 0 Å². The van der Waals surface area contributed by atoms with Crippen LogP contribution in [-0.2, 0) is 20.9 Å². The van der Waals surface area contributed by atoms with Crippen LogP contribution >= 0.6 is 0 Å². The average molecular weight is 606 g/mol. The van der Waals surface area contributed by atoms with E-state index in [0.29, 0.717) is 28.4 Å². The lowest BCUT2D eigenvalue weighted by Crippen LogP contribution is -2.46. The van der Waals surface area contributed by atoms with E-state index in [1.54, 1.807) is 74.9 Å². The minimum Gasteiger partial charge on any atom is -0.497 e. The fourth-order valence-electron chi connectivity index (χ4n) is 5.30. The van der Waals surface area contributed by atoms with Crippen LogP contribution in [0.15, 0.2) is 97.1 Å². The third kappa shape index (κ3) is 6.72. The van der Waals surface area contributed by atoms with Crippen molar-refractivity contribution in [2.45, 2.75) is 32.4 Å². The molecule has 0 radical (unpaired) electrons. The molecule has 1 aliphatic rings. The fraction of sp³-hybridized carbons (Fsp3) is 0.222. The maximum Gasteiger partial charge on any atom is 0.299 e. The van der Waals surface area contributed by atoms with Crippen LogP contribution in [0.4, 0.5) is 11.4 Å². The van der Waals surface area contributed by atoms with Gasteiger partial charge >= 0.3 is 0 Å². The first-order valence-electron chi connectivity index (χ1n) is 14.6. The second kappa shape index (κ2) is 13.5. The highest BCUT2D eigenvalue weighted by atomic mass is 16.5. The lowest BCUT2D eigenvalue weighted by molar-refractivity contribution is -0.139. The first kappa shape index (κ1) is 31.0. The molecule has 0 aliphatic carbocycles. The highest BCUT2D eigenvalue weighted by molar-refractivity contribution is 6.52. The van der Waals surface area contributed by atoms with Crippen LogP contribution in [0.2, 0.25) is 0 Å². The molecule has 0 saturated carbocycles. The van der Waals surface area contributed by atoms with Gasteiger partial charge in [-0.2, -0.15) is 0 Å². The Hall–Kier alpha value is -5.44. The highest BCUT2D eigenvalue weighted by Crippen LogP contribution is 2.31. The summed E-state index contributed by atoms with van der Waals surface area (Å²) in [4.78, 5) is 56.9. The van der Waals surface area contributed by atoms with Crippen LogP contribution in [0, 0.1) is 0 Å². The summed E-state index contributed by atoms with van der Waals surface area (Å²) in [5, 5.41) is 2.95. The topological polar surface area (TPSA) is 105 Å². The largest absolute Gasteiger partial charge is 0.497 e. The normalized spacial score (nSPS) is 13.0. The number of benzene rings is 4. The monoisotopic (exact) mass is 605 g/mol. The fourth-order valence-corrected chi connectivity index (χ4v) is 5.30. The van der Waals surface area contributed by atoms with E-state index in [9.17, 15) is 19.2 Å². The number of hydrogen-bond donors (Lipinski definition) is 1. The van der Waals surface area contributed by atoms with Gasteiger partial charge < -0.3 is 19.7 Å². The standard InChI is InChI=1S/C36H35N3O6/c1-23(2)25-11-13-26(14-12-25)33(35(42)37-27-15-19-29(45-4)20-16-27)39(21-24-9-17-28(44-3)18-10-24)32(40)22-38-31-8-6-5-7-30(31)34(41)36(38)43/h5-20,23,33H,21-22H2,1-4H3,(H,37,42)/t33-/m0/s1. The number of methoxy groups -OCH3 is 2. The third-order valence-corrected chi connectivity index (χ3v) is 7.84. The van der Waals surface area contributed by atoms with Gasteiger partial charge in [0.15, 0.2) is 0 Å². The molecule has 0 aromatic heterocycles. The smallest absolute Gasteiger partial charge is 0.299 e. The number of rotatable bonds is 11. The molecule has 4 aromatic carbocycles. The second-order valence-corrected chi connectivity index (χ2v) is 11.0. The summed E-state index contributed by atoms with van der Waals surface area (Å²) < 4.78 is 10.6. The maximum absolute atomic E-state index is 14.3. The molecule has 45 heavy (non-hydrogen) atoms. The molecule has 230 valence electrons. The molecular weight excluding hydrogens is 570 g/mol. The first-order chi connectivity index (χ1) is 21.7. The molecule has 0 spiro atoms. The van der Waals surface area contributed by atoms with E-state index in [1.807, 2.05) is 36.4 Å². The summed E-state index contributed by atoms with van der Waals surface area (Å²) in [6, 6.07) is 27.2. The molecule has 3 amide bonds. The van der Waals surface area contributed by atoms with Gasteiger partial charge in [-0.3, -0.25) is 24.1 Å². The number of nitrogens with one attached hydrogen (secondary N) is 1. The number of para-hydroxylation sites is 1. The molecular formula is C36H35N3O6. The number of carbonyl (C=O) groups is 4. The van der Waals surface area contributed by atoms with Gasteiger partial charge in [-0.15, -0.1) is 0 Å². The Balaban J connectivity index is 1.56. The Morgan fingerprint density at radius 1 is 0.778 bits per heavy atom. The van der Waals surface area contributed by atoms with Crippen LogP contribution in [0.5, 0.6) is 11.5 Å². The molecule has 9 heteroatoms. The molecule has 1 aliphatic heterocycles. The van der Waals surface area contributed by atoms with Crippen molar-refractivity contribution >= 4 is 34.9 Å². The zero-order valence-electron chi connectivity index (χ0n) is 25.7. The van der Waals surface area contributed by atoms with Gasteiger partial charge in [-0.05, 0) is 71.1 Å². The van der Waals surface area contributed by atoms with Crippen LogP contribution < -0.4 is 19.7 Å². The van der Waals surface area contributed by atoms with Crippen LogP contribution in [-0.4, -0.2) is 49.2 Å². The third-order valence-electron chi connectivity index (χ3n) is 7.84. The van der Waals surface area contributed by atoms with E-state index < -0.39 is 36.1 Å². The zero-order chi connectivity index (χ0) is 32.1. The van der Waals surface area contributed by atoms with E-state index in [0.717, 1.165) is 11.1 Å². The number of anilines is 2. The number of ether oxygens (including phenoxy) is 2. The van der Waals surface area contributed by atoms with Gasteiger partial charge in [0.05, 0.1) is 25.5 Å². The first-order valence-corrected chi connectivity index (χ1v) is 14.6. The minimum absolute atomic E-state index is 0.0487. The maximum atomic E-state index is 14.3. The van der Waals surface area contributed by atoms with Crippen molar-refractivity contribution < 1.29 is 28.7 Å². The summed E-state index contributed by atoms with van der Waals surface area (Å²) in [7, 11) is 3.13. The lowest BCUT2D eigenvalue weighted by atomic mass is 9.97. The molecule has 9 nitrogen and oxygen atoms in total. The average Bonchev–Trinajstić information content (AvgIpc) is 3.30. The van der Waals surface area contributed by atoms with E-state index in [2.05, 4.69) is 19.2 Å². The van der Waals surface area contributed by atoms with Crippen molar-refractivity contribution in [3.63, 3.8) is 0 Å². The summed E-state index contributed by atoms with van der Waals surface area (Å²) in [5.41, 5.74) is 3.56. The zero-order valence-corrected chi connectivity index (χ0v) is 25.7. The van der Waals surface area contributed by atoms with Gasteiger partial charge in [0, 0.05) is 12.2 Å². The van der Waals surface area contributed by atoms with E-state index in [-0.39, 0.29) is 18.0 Å². The molecule has 0 bridgehead atoms. The van der Waals surface area contributed by atoms with E-state index in [1.165, 1.54) is 9.80 Å². The van der Waals surface area contributed by atoms with Crippen molar-refractivity contribution in [1.82, 2.24) is 4.90 Å². The number of amides is 3. The minimum atomic E-state index is -1.08. The van der Waals surface area contributed by atoms with Crippen molar-refractivity contribution in [3.8, 4) is 11.5 Å². The highest BCUT2D eigenvalue weighted by Gasteiger charge is 2.39.